The van der Waals surface area contributed by atoms with E-state index in [4.69, 9.17) is 0 Å². The maximum atomic E-state index is 15.0. The van der Waals surface area contributed by atoms with Gasteiger partial charge in [-0.2, -0.15) is 5.10 Å². The van der Waals surface area contributed by atoms with E-state index in [0.717, 1.165) is 63.9 Å². The van der Waals surface area contributed by atoms with Crippen molar-refractivity contribution in [3.8, 4) is 0 Å². The lowest BCUT2D eigenvalue weighted by Gasteiger charge is -2.51. The summed E-state index contributed by atoms with van der Waals surface area (Å²) in [5.41, 5.74) is 1.09. The van der Waals surface area contributed by atoms with Crippen LogP contribution in [0.3, 0.4) is 0 Å². The van der Waals surface area contributed by atoms with Crippen LogP contribution in [0.5, 0.6) is 0 Å². The highest BCUT2D eigenvalue weighted by atomic mass is 19.1. The van der Waals surface area contributed by atoms with Gasteiger partial charge < -0.3 is 19.6 Å². The van der Waals surface area contributed by atoms with Gasteiger partial charge in [-0.25, -0.2) is 9.49 Å². The highest BCUT2D eigenvalue weighted by Gasteiger charge is 2.43. The van der Waals surface area contributed by atoms with Crippen LogP contribution in [-0.2, 0) is 16.0 Å². The Balaban J connectivity index is 0.775. The predicted molar refractivity (Wildman–Crippen MR) is 204 cm³/mol. The molecule has 5 heterocycles. The Hall–Kier alpha value is -4.16. The largest absolute Gasteiger partial charge is 0.339 e. The van der Waals surface area contributed by atoms with E-state index in [1.165, 1.54) is 44.6 Å². The van der Waals surface area contributed by atoms with Gasteiger partial charge in [0.05, 0.1) is 23.2 Å². The van der Waals surface area contributed by atoms with Crippen molar-refractivity contribution < 1.29 is 18.8 Å². The zero-order valence-electron chi connectivity index (χ0n) is 31.4. The van der Waals surface area contributed by atoms with Crippen molar-refractivity contribution in [1.82, 2.24) is 34.7 Å². The molecule has 4 aliphatic heterocycles. The van der Waals surface area contributed by atoms with Gasteiger partial charge >= 0.3 is 0 Å². The zero-order valence-corrected chi connectivity index (χ0v) is 31.4. The molecule has 4 saturated heterocycles. The first-order chi connectivity index (χ1) is 26.3. The second-order valence-electron chi connectivity index (χ2n) is 16.5. The van der Waals surface area contributed by atoms with Crippen LogP contribution in [-0.4, -0.2) is 130 Å². The molecular formula is C42H54FN7O4. The summed E-state index contributed by atoms with van der Waals surface area (Å²) in [5.74, 6) is 1.37. The summed E-state index contributed by atoms with van der Waals surface area (Å²) >= 11 is 0. The molecule has 6 fully saturated rings. The fourth-order valence-corrected chi connectivity index (χ4v) is 9.94. The van der Waals surface area contributed by atoms with Crippen molar-refractivity contribution in [2.75, 3.05) is 72.0 Å². The molecule has 2 saturated carbocycles. The number of hydrogen-bond donors (Lipinski definition) is 1. The summed E-state index contributed by atoms with van der Waals surface area (Å²) in [5, 5.41) is 8.02. The van der Waals surface area contributed by atoms with Crippen LogP contribution in [0.25, 0.3) is 10.8 Å². The normalized spacial score (nSPS) is 24.3. The Morgan fingerprint density at radius 1 is 0.796 bits per heavy atom. The molecule has 1 N–H and O–H groups in total. The summed E-state index contributed by atoms with van der Waals surface area (Å²) in [4.78, 5) is 62.8. The van der Waals surface area contributed by atoms with E-state index in [2.05, 4.69) is 24.9 Å². The molecule has 2 aliphatic carbocycles. The molecule has 6 aliphatic rings. The number of hydrogen-bond acceptors (Lipinski definition) is 7. The summed E-state index contributed by atoms with van der Waals surface area (Å²) in [6.45, 7) is 7.57. The van der Waals surface area contributed by atoms with Crippen LogP contribution in [0.4, 0.5) is 4.39 Å². The summed E-state index contributed by atoms with van der Waals surface area (Å²) in [6.07, 6.45) is 11.0. The average Bonchev–Trinajstić information content (AvgIpc) is 3.21. The van der Waals surface area contributed by atoms with Crippen molar-refractivity contribution in [3.05, 3.63) is 75.5 Å². The van der Waals surface area contributed by atoms with Crippen LogP contribution >= 0.6 is 0 Å². The van der Waals surface area contributed by atoms with Gasteiger partial charge in [0.1, 0.15) is 5.82 Å². The second kappa shape index (κ2) is 16.3. The lowest BCUT2D eigenvalue weighted by molar-refractivity contribution is -0.142. The standard InChI is InChI=1S/C42H54FN7O4/c43-37-13-10-30(23-38-34-8-4-5-9-35(34)41(53)45-44-38)22-36(37)42(54)49-20-18-48(19-21-49)40(52)28-47-16-14-46(15-17-47)26-32-25-33-12-11-31(32)27-50(33)39(51)24-29-6-2-1-3-7-29/h4-5,8-10,13,22,29,31-33H,1-3,6-7,11-12,14-21,23-28H2,(H,45,53). The minimum atomic E-state index is -0.585. The smallest absolute Gasteiger partial charge is 0.272 e. The number of aromatic nitrogens is 2. The maximum absolute atomic E-state index is 15.0. The first-order valence-corrected chi connectivity index (χ1v) is 20.3. The molecule has 1 aromatic heterocycles. The molecule has 3 atom stereocenters. The first kappa shape index (κ1) is 36.8. The summed E-state index contributed by atoms with van der Waals surface area (Å²) in [6, 6.07) is 12.1. The topological polar surface area (TPSA) is 113 Å². The molecule has 2 aromatic carbocycles. The maximum Gasteiger partial charge on any atom is 0.272 e. The Morgan fingerprint density at radius 2 is 1.52 bits per heavy atom. The van der Waals surface area contributed by atoms with E-state index in [0.29, 0.717) is 85.5 Å². The Bertz CT molecular complexity index is 1900. The number of benzene rings is 2. The SMILES string of the molecule is O=C(CN1CCN(CC2CC3CCC2CN3C(=O)CC2CCCCC2)CC1)N1CCN(C(=O)c2cc(Cc3n[nH]c(=O)c4ccccc34)ccc2F)CC1. The van der Waals surface area contributed by atoms with Gasteiger partial charge in [-0.3, -0.25) is 24.1 Å². The molecule has 288 valence electrons. The number of halogens is 1. The molecule has 0 radical (unpaired) electrons. The number of carbonyl (C=O) groups excluding carboxylic acids is 3. The van der Waals surface area contributed by atoms with Crippen molar-refractivity contribution in [2.24, 2.45) is 17.8 Å². The van der Waals surface area contributed by atoms with E-state index in [1.54, 1.807) is 29.2 Å². The number of nitrogens with zero attached hydrogens (tertiary/aromatic N) is 6. The molecule has 3 unspecified atom stereocenters. The quantitative estimate of drug-likeness (QED) is 0.351. The van der Waals surface area contributed by atoms with Gasteiger partial charge in [0.25, 0.3) is 11.5 Å². The highest BCUT2D eigenvalue weighted by molar-refractivity contribution is 5.95. The summed E-state index contributed by atoms with van der Waals surface area (Å²) in [7, 11) is 0. The Labute approximate surface area is 316 Å². The lowest BCUT2D eigenvalue weighted by atomic mass is 9.71. The van der Waals surface area contributed by atoms with E-state index in [9.17, 15) is 19.2 Å². The highest BCUT2D eigenvalue weighted by Crippen LogP contribution is 2.41. The van der Waals surface area contributed by atoms with Gasteiger partial charge in [0.15, 0.2) is 0 Å². The number of fused-ring (bicyclic) bond motifs is 4. The first-order valence-electron chi connectivity index (χ1n) is 20.3. The van der Waals surface area contributed by atoms with E-state index in [-0.39, 0.29) is 22.9 Å². The third-order valence-corrected chi connectivity index (χ3v) is 13.1. The van der Waals surface area contributed by atoms with Crippen LogP contribution in [0.1, 0.15) is 79.4 Å². The number of amides is 3. The minimum Gasteiger partial charge on any atom is -0.339 e. The number of aromatic amines is 1. The van der Waals surface area contributed by atoms with E-state index in [1.807, 2.05) is 17.0 Å². The van der Waals surface area contributed by atoms with Crippen molar-refractivity contribution in [3.63, 3.8) is 0 Å². The van der Waals surface area contributed by atoms with E-state index >= 15 is 4.39 Å². The molecule has 9 rings (SSSR count). The molecule has 12 heteroatoms. The second-order valence-corrected chi connectivity index (χ2v) is 16.5. The average molecular weight is 740 g/mol. The monoisotopic (exact) mass is 739 g/mol. The third-order valence-electron chi connectivity index (χ3n) is 13.1. The van der Waals surface area contributed by atoms with Crippen LogP contribution < -0.4 is 5.56 Å². The minimum absolute atomic E-state index is 0.000378. The number of nitrogens with one attached hydrogen (secondary N) is 1. The molecule has 2 bridgehead atoms. The van der Waals surface area contributed by atoms with Crippen molar-refractivity contribution in [1.29, 1.82) is 0 Å². The van der Waals surface area contributed by atoms with Crippen molar-refractivity contribution in [2.45, 2.75) is 70.3 Å². The Kier molecular flexibility index (Phi) is 11.1. The molecular weight excluding hydrogens is 686 g/mol. The van der Waals surface area contributed by atoms with Crippen LogP contribution in [0.2, 0.25) is 0 Å². The molecule has 54 heavy (non-hydrogen) atoms. The van der Waals surface area contributed by atoms with Gasteiger partial charge in [-0.15, -0.1) is 0 Å². The van der Waals surface area contributed by atoms with Crippen LogP contribution in [0.15, 0.2) is 47.3 Å². The Morgan fingerprint density at radius 3 is 2.26 bits per heavy atom. The van der Waals surface area contributed by atoms with Gasteiger partial charge in [0, 0.05) is 89.7 Å². The predicted octanol–water partition coefficient (Wildman–Crippen LogP) is 4.15. The number of rotatable bonds is 9. The molecule has 0 spiro atoms. The van der Waals surface area contributed by atoms with E-state index < -0.39 is 5.82 Å². The molecule has 11 nitrogen and oxygen atoms in total. The zero-order chi connectivity index (χ0) is 37.2. The fraction of sp³-hybridized carbons (Fsp3) is 0.595. The van der Waals surface area contributed by atoms with Gasteiger partial charge in [-0.1, -0.05) is 43.5 Å². The molecule has 3 amide bonds. The van der Waals surface area contributed by atoms with Crippen molar-refractivity contribution >= 4 is 28.5 Å². The van der Waals surface area contributed by atoms with Gasteiger partial charge in [0.2, 0.25) is 11.8 Å². The summed E-state index contributed by atoms with van der Waals surface area (Å²) < 4.78 is 15.0. The van der Waals surface area contributed by atoms with Gasteiger partial charge in [-0.05, 0) is 73.6 Å². The number of piperidine rings is 2. The third kappa shape index (κ3) is 8.10. The van der Waals surface area contributed by atoms with Crippen LogP contribution in [0, 0.1) is 23.6 Å². The fourth-order valence-electron chi connectivity index (χ4n) is 9.94. The number of piperazine rings is 2. The lowest BCUT2D eigenvalue weighted by Crippen LogP contribution is -2.58. The number of carbonyl (C=O) groups is 3. The molecule has 3 aromatic rings. The number of H-pyrrole nitrogens is 1.